The smallest absolute Gasteiger partial charge is 0.166 e. The zero-order chi connectivity index (χ0) is 15.9. The molecule has 3 rings (SSSR count). The summed E-state index contributed by atoms with van der Waals surface area (Å²) in [6.07, 6.45) is 7.97. The molecule has 0 spiro atoms. The molecule has 1 atom stereocenters. The SMILES string of the molecule is CC1CCC=CC=C(c2cc(Br)c3c(c2)C(C)(C)CO3)C1=O. The second-order valence-corrected chi connectivity index (χ2v) is 7.71. The van der Waals surface area contributed by atoms with Gasteiger partial charge in [0.25, 0.3) is 0 Å². The highest BCUT2D eigenvalue weighted by Gasteiger charge is 2.34. The number of halogens is 1. The van der Waals surface area contributed by atoms with Gasteiger partial charge in [-0.2, -0.15) is 0 Å². The molecule has 1 unspecified atom stereocenters. The van der Waals surface area contributed by atoms with Crippen LogP contribution in [0, 0.1) is 5.92 Å². The van der Waals surface area contributed by atoms with Crippen LogP contribution < -0.4 is 4.74 Å². The summed E-state index contributed by atoms with van der Waals surface area (Å²) in [5.74, 6) is 1.21. The lowest BCUT2D eigenvalue weighted by molar-refractivity contribution is -0.117. The van der Waals surface area contributed by atoms with Crippen LogP contribution in [0.5, 0.6) is 5.75 Å². The maximum absolute atomic E-state index is 12.7. The van der Waals surface area contributed by atoms with E-state index in [2.05, 4.69) is 41.9 Å². The Bertz CT molecular complexity index is 683. The molecule has 0 saturated heterocycles. The Hall–Kier alpha value is -1.35. The van der Waals surface area contributed by atoms with Crippen LogP contribution in [-0.4, -0.2) is 12.4 Å². The van der Waals surface area contributed by atoms with E-state index in [9.17, 15) is 4.79 Å². The largest absolute Gasteiger partial charge is 0.491 e. The van der Waals surface area contributed by atoms with Crippen LogP contribution >= 0.6 is 15.9 Å². The number of ether oxygens (including phenoxy) is 1. The average Bonchev–Trinajstić information content (AvgIpc) is 2.76. The third-order valence-corrected chi connectivity index (χ3v) is 5.13. The first-order valence-corrected chi connectivity index (χ1v) is 8.58. The van der Waals surface area contributed by atoms with Crippen LogP contribution in [0.2, 0.25) is 0 Å². The van der Waals surface area contributed by atoms with Crippen LogP contribution in [0.15, 0.2) is 34.8 Å². The fraction of sp³-hybridized carbons (Fsp3) is 0.421. The Labute approximate surface area is 140 Å². The van der Waals surface area contributed by atoms with Crippen LogP contribution in [0.25, 0.3) is 5.57 Å². The highest BCUT2D eigenvalue weighted by atomic mass is 79.9. The van der Waals surface area contributed by atoms with E-state index in [-0.39, 0.29) is 17.1 Å². The van der Waals surface area contributed by atoms with E-state index < -0.39 is 0 Å². The maximum atomic E-state index is 12.7. The molecular formula is C19H21BrO2. The molecule has 22 heavy (non-hydrogen) atoms. The number of carbonyl (C=O) groups is 1. The van der Waals surface area contributed by atoms with Crippen LogP contribution in [0.4, 0.5) is 0 Å². The van der Waals surface area contributed by atoms with Gasteiger partial charge >= 0.3 is 0 Å². The number of ketones is 1. The van der Waals surface area contributed by atoms with Gasteiger partial charge in [-0.25, -0.2) is 0 Å². The summed E-state index contributed by atoms with van der Waals surface area (Å²) in [5.41, 5.74) is 2.92. The van der Waals surface area contributed by atoms with Gasteiger partial charge in [0.2, 0.25) is 0 Å². The summed E-state index contributed by atoms with van der Waals surface area (Å²) >= 11 is 3.60. The zero-order valence-corrected chi connectivity index (χ0v) is 14.9. The van der Waals surface area contributed by atoms with Crippen molar-refractivity contribution in [3.05, 3.63) is 46.0 Å². The maximum Gasteiger partial charge on any atom is 0.166 e. The molecule has 0 aromatic heterocycles. The molecule has 0 saturated carbocycles. The zero-order valence-electron chi connectivity index (χ0n) is 13.3. The highest BCUT2D eigenvalue weighted by molar-refractivity contribution is 9.10. The van der Waals surface area contributed by atoms with E-state index in [0.717, 1.165) is 34.2 Å². The fourth-order valence-corrected chi connectivity index (χ4v) is 3.63. The minimum absolute atomic E-state index is 0.0272. The summed E-state index contributed by atoms with van der Waals surface area (Å²) in [7, 11) is 0. The van der Waals surface area contributed by atoms with Crippen molar-refractivity contribution < 1.29 is 9.53 Å². The quantitative estimate of drug-likeness (QED) is 0.699. The molecular weight excluding hydrogens is 340 g/mol. The number of fused-ring (bicyclic) bond motifs is 1. The number of benzene rings is 1. The lowest BCUT2D eigenvalue weighted by Crippen LogP contribution is -2.19. The molecule has 0 radical (unpaired) electrons. The Morgan fingerprint density at radius 2 is 2.09 bits per heavy atom. The van der Waals surface area contributed by atoms with E-state index in [1.807, 2.05) is 25.1 Å². The average molecular weight is 361 g/mol. The van der Waals surface area contributed by atoms with Gasteiger partial charge < -0.3 is 4.74 Å². The van der Waals surface area contributed by atoms with E-state index in [1.165, 1.54) is 5.56 Å². The summed E-state index contributed by atoms with van der Waals surface area (Å²) < 4.78 is 6.74. The topological polar surface area (TPSA) is 26.3 Å². The molecule has 1 heterocycles. The number of hydrogen-bond donors (Lipinski definition) is 0. The van der Waals surface area contributed by atoms with E-state index in [0.29, 0.717) is 6.61 Å². The van der Waals surface area contributed by atoms with Crippen molar-refractivity contribution in [2.24, 2.45) is 5.92 Å². The monoisotopic (exact) mass is 360 g/mol. The van der Waals surface area contributed by atoms with Gasteiger partial charge in [-0.15, -0.1) is 0 Å². The Kier molecular flexibility index (Phi) is 4.02. The van der Waals surface area contributed by atoms with Gasteiger partial charge in [-0.1, -0.05) is 39.0 Å². The minimum atomic E-state index is -0.0272. The first-order chi connectivity index (χ1) is 10.4. The van der Waals surface area contributed by atoms with Crippen molar-refractivity contribution in [2.45, 2.75) is 39.0 Å². The third-order valence-electron chi connectivity index (χ3n) is 4.54. The number of Topliss-reactive ketones (excluding diaryl/α,β-unsaturated/α-hetero) is 1. The first kappa shape index (κ1) is 15.5. The van der Waals surface area contributed by atoms with E-state index in [4.69, 9.17) is 4.74 Å². The lowest BCUT2D eigenvalue weighted by Gasteiger charge is -2.19. The third kappa shape index (κ3) is 2.67. The van der Waals surface area contributed by atoms with Crippen LogP contribution in [-0.2, 0) is 10.2 Å². The molecule has 1 aliphatic heterocycles. The first-order valence-electron chi connectivity index (χ1n) is 7.78. The number of hydrogen-bond acceptors (Lipinski definition) is 2. The summed E-state index contributed by atoms with van der Waals surface area (Å²) in [5, 5.41) is 0. The van der Waals surface area contributed by atoms with Crippen molar-refractivity contribution in [1.29, 1.82) is 0 Å². The molecule has 1 aromatic rings. The van der Waals surface area contributed by atoms with Gasteiger partial charge in [0.1, 0.15) is 5.75 Å². The second kappa shape index (κ2) is 5.69. The number of carbonyl (C=O) groups excluding carboxylic acids is 1. The normalized spacial score (nSPS) is 23.4. The van der Waals surface area contributed by atoms with Crippen molar-refractivity contribution in [1.82, 2.24) is 0 Å². The summed E-state index contributed by atoms with van der Waals surface area (Å²) in [4.78, 5) is 12.7. The molecule has 1 aliphatic carbocycles. The predicted molar refractivity (Wildman–Crippen MR) is 93.2 cm³/mol. The molecule has 0 bridgehead atoms. The molecule has 2 aliphatic rings. The van der Waals surface area contributed by atoms with Gasteiger partial charge in [0.15, 0.2) is 5.78 Å². The van der Waals surface area contributed by atoms with Gasteiger partial charge in [0.05, 0.1) is 11.1 Å². The molecule has 3 heteroatoms. The standard InChI is InChI=1S/C19H21BrO2/c1-12-7-5-4-6-8-14(17(12)21)13-9-15-18(16(20)10-13)22-11-19(15,2)3/h4,6,8-10,12H,5,7,11H2,1-3H3. The Morgan fingerprint density at radius 3 is 2.86 bits per heavy atom. The van der Waals surface area contributed by atoms with Gasteiger partial charge in [0, 0.05) is 22.5 Å². The van der Waals surface area contributed by atoms with Crippen LogP contribution in [0.1, 0.15) is 44.7 Å². The summed E-state index contributed by atoms with van der Waals surface area (Å²) in [6.45, 7) is 7.04. The molecule has 0 fully saturated rings. The molecule has 0 amide bonds. The molecule has 116 valence electrons. The predicted octanol–water partition coefficient (Wildman–Crippen LogP) is 5.06. The van der Waals surface area contributed by atoms with Crippen molar-refractivity contribution in [3.63, 3.8) is 0 Å². The second-order valence-electron chi connectivity index (χ2n) is 6.86. The molecule has 1 aromatic carbocycles. The minimum Gasteiger partial charge on any atom is -0.491 e. The molecule has 2 nitrogen and oxygen atoms in total. The number of rotatable bonds is 1. The van der Waals surface area contributed by atoms with Crippen molar-refractivity contribution in [3.8, 4) is 5.75 Å². The summed E-state index contributed by atoms with van der Waals surface area (Å²) in [6, 6.07) is 4.13. The lowest BCUT2D eigenvalue weighted by atomic mass is 9.83. The van der Waals surface area contributed by atoms with Crippen molar-refractivity contribution >= 4 is 27.3 Å². The van der Waals surface area contributed by atoms with E-state index >= 15 is 0 Å². The van der Waals surface area contributed by atoms with E-state index in [1.54, 1.807) is 0 Å². The highest BCUT2D eigenvalue weighted by Crippen LogP contribution is 2.45. The number of allylic oxidation sites excluding steroid dienone is 4. The molecule has 0 N–H and O–H groups in total. The van der Waals surface area contributed by atoms with Gasteiger partial charge in [-0.05, 0) is 46.5 Å². The fourth-order valence-electron chi connectivity index (χ4n) is 3.05. The van der Waals surface area contributed by atoms with Crippen LogP contribution in [0.3, 0.4) is 0 Å². The Morgan fingerprint density at radius 1 is 1.32 bits per heavy atom. The Balaban J connectivity index is 2.12. The van der Waals surface area contributed by atoms with Gasteiger partial charge in [-0.3, -0.25) is 4.79 Å². The van der Waals surface area contributed by atoms with Crippen molar-refractivity contribution in [2.75, 3.05) is 6.61 Å².